The minimum atomic E-state index is 0. The first-order valence-electron chi connectivity index (χ1n) is 6.45. The van der Waals surface area contributed by atoms with Crippen LogP contribution in [0.4, 0.5) is 0 Å². The van der Waals surface area contributed by atoms with Crippen LogP contribution < -0.4 is 10.6 Å². The van der Waals surface area contributed by atoms with Gasteiger partial charge >= 0.3 is 0 Å². The van der Waals surface area contributed by atoms with Crippen molar-refractivity contribution in [2.45, 2.75) is 6.92 Å². The highest BCUT2D eigenvalue weighted by molar-refractivity contribution is 14.0. The topological polar surface area (TPSA) is 42.9 Å². The predicted molar refractivity (Wildman–Crippen MR) is 88.9 cm³/mol. The van der Waals surface area contributed by atoms with E-state index < -0.39 is 0 Å². The van der Waals surface area contributed by atoms with Gasteiger partial charge in [-0.15, -0.1) is 24.0 Å². The summed E-state index contributed by atoms with van der Waals surface area (Å²) < 4.78 is 0. The molecule has 1 saturated heterocycles. The zero-order valence-corrected chi connectivity index (χ0v) is 14.4. The third-order valence-electron chi connectivity index (χ3n) is 3.24. The van der Waals surface area contributed by atoms with E-state index in [1.54, 1.807) is 7.05 Å². The highest BCUT2D eigenvalue weighted by Gasteiger charge is 2.15. The smallest absolute Gasteiger partial charge is 0.190 e. The summed E-state index contributed by atoms with van der Waals surface area (Å²) in [6.07, 6.45) is 0. The fourth-order valence-corrected chi connectivity index (χ4v) is 2.09. The molecule has 0 aliphatic carbocycles. The molecule has 1 unspecified atom stereocenters. The summed E-state index contributed by atoms with van der Waals surface area (Å²) in [6.45, 7) is 9.20. The van der Waals surface area contributed by atoms with E-state index in [-0.39, 0.29) is 24.0 Å². The number of hydrogen-bond acceptors (Lipinski definition) is 3. The molecule has 0 saturated carbocycles. The monoisotopic (exact) mass is 369 g/mol. The molecule has 1 aliphatic rings. The Labute approximate surface area is 128 Å². The Morgan fingerprint density at radius 1 is 1.28 bits per heavy atom. The molecule has 0 bridgehead atoms. The predicted octanol–water partition coefficient (Wildman–Crippen LogP) is 0.283. The summed E-state index contributed by atoms with van der Waals surface area (Å²) in [7, 11) is 5.88. The first-order chi connectivity index (χ1) is 8.15. The second-order valence-corrected chi connectivity index (χ2v) is 4.91. The van der Waals surface area contributed by atoms with Crippen molar-refractivity contribution in [3.05, 3.63) is 0 Å². The second kappa shape index (κ2) is 9.80. The van der Waals surface area contributed by atoms with Crippen molar-refractivity contribution in [1.29, 1.82) is 0 Å². The van der Waals surface area contributed by atoms with Gasteiger partial charge in [0.2, 0.25) is 0 Å². The molecule has 0 aromatic rings. The lowest BCUT2D eigenvalue weighted by atomic mass is 10.1. The van der Waals surface area contributed by atoms with E-state index in [0.29, 0.717) is 5.92 Å². The largest absolute Gasteiger partial charge is 0.359 e. The number of rotatable bonds is 4. The minimum absolute atomic E-state index is 0. The number of nitrogens with one attached hydrogen (secondary N) is 2. The highest BCUT2D eigenvalue weighted by atomic mass is 127. The van der Waals surface area contributed by atoms with Crippen molar-refractivity contribution in [3.8, 4) is 0 Å². The van der Waals surface area contributed by atoms with Crippen LogP contribution in [0.15, 0.2) is 4.99 Å². The molecule has 5 nitrogen and oxygen atoms in total. The van der Waals surface area contributed by atoms with Gasteiger partial charge in [-0.3, -0.25) is 4.99 Å². The van der Waals surface area contributed by atoms with Gasteiger partial charge in [0, 0.05) is 53.4 Å². The van der Waals surface area contributed by atoms with Crippen LogP contribution in [-0.4, -0.2) is 76.2 Å². The van der Waals surface area contributed by atoms with Gasteiger partial charge < -0.3 is 20.4 Å². The van der Waals surface area contributed by atoms with Crippen LogP contribution in [-0.2, 0) is 0 Å². The molecule has 0 amide bonds. The maximum Gasteiger partial charge on any atom is 0.190 e. The molecule has 1 aliphatic heterocycles. The van der Waals surface area contributed by atoms with Crippen LogP contribution in [0, 0.1) is 5.92 Å². The standard InChI is InChI=1S/C12H27N5.HI/c1-11(9-15-12(13-2)14-3)10-17-7-5-16(4)6-8-17;/h11H,5-10H2,1-4H3,(H2,13,14,15);1H. The van der Waals surface area contributed by atoms with E-state index in [1.807, 2.05) is 7.05 Å². The number of piperazine rings is 1. The van der Waals surface area contributed by atoms with Gasteiger partial charge in [-0.1, -0.05) is 6.92 Å². The van der Waals surface area contributed by atoms with Gasteiger partial charge in [0.05, 0.1) is 0 Å². The molecule has 108 valence electrons. The van der Waals surface area contributed by atoms with Gasteiger partial charge in [-0.2, -0.15) is 0 Å². The summed E-state index contributed by atoms with van der Waals surface area (Å²) in [4.78, 5) is 9.05. The second-order valence-electron chi connectivity index (χ2n) is 4.91. The molecular formula is C12H28IN5. The van der Waals surface area contributed by atoms with Crippen LogP contribution in [0.25, 0.3) is 0 Å². The van der Waals surface area contributed by atoms with E-state index in [9.17, 15) is 0 Å². The van der Waals surface area contributed by atoms with Crippen LogP contribution in [0.3, 0.4) is 0 Å². The fraction of sp³-hybridized carbons (Fsp3) is 0.917. The van der Waals surface area contributed by atoms with Crippen molar-refractivity contribution in [1.82, 2.24) is 20.4 Å². The van der Waals surface area contributed by atoms with Crippen molar-refractivity contribution in [2.24, 2.45) is 10.9 Å². The Morgan fingerprint density at radius 3 is 2.39 bits per heavy atom. The number of guanidine groups is 1. The molecule has 0 aromatic heterocycles. The Hall–Kier alpha value is -0.0800. The number of halogens is 1. The fourth-order valence-electron chi connectivity index (χ4n) is 2.09. The minimum Gasteiger partial charge on any atom is -0.359 e. The van der Waals surface area contributed by atoms with Crippen molar-refractivity contribution >= 4 is 29.9 Å². The van der Waals surface area contributed by atoms with E-state index in [2.05, 4.69) is 39.4 Å². The first kappa shape index (κ1) is 17.9. The molecule has 6 heteroatoms. The Morgan fingerprint density at radius 2 is 1.89 bits per heavy atom. The summed E-state index contributed by atoms with van der Waals surface area (Å²) in [5.41, 5.74) is 0. The van der Waals surface area contributed by atoms with Crippen LogP contribution >= 0.6 is 24.0 Å². The van der Waals surface area contributed by atoms with Gasteiger partial charge in [0.1, 0.15) is 0 Å². The van der Waals surface area contributed by atoms with Crippen molar-refractivity contribution in [2.75, 3.05) is 60.4 Å². The van der Waals surface area contributed by atoms with Gasteiger partial charge in [-0.05, 0) is 13.0 Å². The molecule has 0 radical (unpaired) electrons. The van der Waals surface area contributed by atoms with E-state index in [4.69, 9.17) is 0 Å². The zero-order chi connectivity index (χ0) is 12.7. The lowest BCUT2D eigenvalue weighted by Gasteiger charge is -2.34. The molecule has 0 spiro atoms. The Balaban J connectivity index is 0.00000289. The van der Waals surface area contributed by atoms with Crippen LogP contribution in [0.5, 0.6) is 0 Å². The molecule has 1 fully saturated rings. The summed E-state index contributed by atoms with van der Waals surface area (Å²) >= 11 is 0. The number of hydrogen-bond donors (Lipinski definition) is 2. The number of nitrogens with zero attached hydrogens (tertiary/aromatic N) is 3. The number of likely N-dealkylation sites (N-methyl/N-ethyl adjacent to an activating group) is 1. The van der Waals surface area contributed by atoms with E-state index in [0.717, 1.165) is 12.5 Å². The molecule has 18 heavy (non-hydrogen) atoms. The normalized spacial score (nSPS) is 20.1. The molecule has 2 N–H and O–H groups in total. The summed E-state index contributed by atoms with van der Waals surface area (Å²) in [5.74, 6) is 1.51. The van der Waals surface area contributed by atoms with E-state index >= 15 is 0 Å². The van der Waals surface area contributed by atoms with Crippen LogP contribution in [0.1, 0.15) is 6.92 Å². The Bertz CT molecular complexity index is 239. The average Bonchev–Trinajstić information content (AvgIpc) is 2.33. The maximum atomic E-state index is 4.11. The molecule has 1 rings (SSSR count). The molecule has 0 aromatic carbocycles. The third kappa shape index (κ3) is 6.75. The van der Waals surface area contributed by atoms with Crippen molar-refractivity contribution < 1.29 is 0 Å². The van der Waals surface area contributed by atoms with Crippen LogP contribution in [0.2, 0.25) is 0 Å². The quantitative estimate of drug-likeness (QED) is 0.425. The summed E-state index contributed by atoms with van der Waals surface area (Å²) in [6, 6.07) is 0. The SMILES string of the molecule is CN=C(NC)NCC(C)CN1CCN(C)CC1.I. The van der Waals surface area contributed by atoms with Gasteiger partial charge in [0.15, 0.2) is 5.96 Å². The molecule has 1 atom stereocenters. The molecular weight excluding hydrogens is 341 g/mol. The number of aliphatic imine (C=N–C) groups is 1. The first-order valence-corrected chi connectivity index (χ1v) is 6.45. The lowest BCUT2D eigenvalue weighted by Crippen LogP contribution is -2.47. The molecule has 1 heterocycles. The van der Waals surface area contributed by atoms with Crippen molar-refractivity contribution in [3.63, 3.8) is 0 Å². The zero-order valence-electron chi connectivity index (χ0n) is 12.1. The van der Waals surface area contributed by atoms with Gasteiger partial charge in [0.25, 0.3) is 0 Å². The highest BCUT2D eigenvalue weighted by Crippen LogP contribution is 2.03. The average molecular weight is 369 g/mol. The maximum absolute atomic E-state index is 4.11. The lowest BCUT2D eigenvalue weighted by molar-refractivity contribution is 0.139. The summed E-state index contributed by atoms with van der Waals surface area (Å²) in [5, 5.41) is 6.35. The van der Waals surface area contributed by atoms with E-state index in [1.165, 1.54) is 32.7 Å². The van der Waals surface area contributed by atoms with Gasteiger partial charge in [-0.25, -0.2) is 0 Å². The Kier molecular flexibility index (Phi) is 9.76. The third-order valence-corrected chi connectivity index (χ3v) is 3.24.